The van der Waals surface area contributed by atoms with E-state index in [1.165, 1.54) is 4.68 Å². The van der Waals surface area contributed by atoms with Gasteiger partial charge in [0.25, 0.3) is 5.56 Å². The van der Waals surface area contributed by atoms with Crippen molar-refractivity contribution >= 4 is 15.9 Å². The molecule has 1 aromatic carbocycles. The van der Waals surface area contributed by atoms with Crippen LogP contribution in [0.3, 0.4) is 0 Å². The minimum Gasteiger partial charge on any atom is -0.396 e. The summed E-state index contributed by atoms with van der Waals surface area (Å²) in [5.74, 6) is 0. The first kappa shape index (κ1) is 13.1. The lowest BCUT2D eigenvalue weighted by Crippen LogP contribution is -2.18. The van der Waals surface area contributed by atoms with Crippen molar-refractivity contribution in [2.75, 3.05) is 6.61 Å². The van der Waals surface area contributed by atoms with Crippen LogP contribution in [0.5, 0.6) is 0 Å². The second kappa shape index (κ2) is 5.54. The largest absolute Gasteiger partial charge is 0.396 e. The maximum atomic E-state index is 12.3. The third kappa shape index (κ3) is 2.28. The number of hydrogen-bond acceptors (Lipinski definition) is 2. The molecule has 0 saturated carbocycles. The Morgan fingerprint density at radius 2 is 2.11 bits per heavy atom. The zero-order valence-corrected chi connectivity index (χ0v) is 11.7. The van der Waals surface area contributed by atoms with Crippen molar-refractivity contribution in [2.45, 2.75) is 19.8 Å². The molecule has 5 heteroatoms. The van der Waals surface area contributed by atoms with Crippen LogP contribution < -0.4 is 5.56 Å². The molecule has 0 saturated heterocycles. The summed E-state index contributed by atoms with van der Waals surface area (Å²) in [5.41, 5.74) is 2.23. The Labute approximate surface area is 113 Å². The first-order valence-corrected chi connectivity index (χ1v) is 6.66. The van der Waals surface area contributed by atoms with E-state index in [4.69, 9.17) is 5.11 Å². The fourth-order valence-electron chi connectivity index (χ4n) is 1.98. The number of hydrogen-bond donors (Lipinski definition) is 2. The predicted molar refractivity (Wildman–Crippen MR) is 74.3 cm³/mol. The van der Waals surface area contributed by atoms with Gasteiger partial charge in [-0.3, -0.25) is 9.89 Å². The van der Waals surface area contributed by atoms with Crippen LogP contribution in [0.1, 0.15) is 18.2 Å². The lowest BCUT2D eigenvalue weighted by Gasteiger charge is -2.03. The van der Waals surface area contributed by atoms with Gasteiger partial charge in [-0.05, 0) is 34.5 Å². The SMILES string of the molecule is CCc1[nH]n(-c2ccccc2Br)c(=O)c1CCO. The van der Waals surface area contributed by atoms with Gasteiger partial charge in [0.2, 0.25) is 0 Å². The molecule has 0 bridgehead atoms. The highest BCUT2D eigenvalue weighted by Crippen LogP contribution is 2.19. The van der Waals surface area contributed by atoms with E-state index < -0.39 is 0 Å². The second-order valence-electron chi connectivity index (χ2n) is 3.99. The first-order valence-electron chi connectivity index (χ1n) is 5.87. The van der Waals surface area contributed by atoms with E-state index in [-0.39, 0.29) is 12.2 Å². The lowest BCUT2D eigenvalue weighted by atomic mass is 10.1. The fourth-order valence-corrected chi connectivity index (χ4v) is 2.44. The lowest BCUT2D eigenvalue weighted by molar-refractivity contribution is 0.299. The summed E-state index contributed by atoms with van der Waals surface area (Å²) in [5, 5.41) is 12.1. The number of aryl methyl sites for hydroxylation is 1. The van der Waals surface area contributed by atoms with Crippen LogP contribution in [0.15, 0.2) is 33.5 Å². The number of aliphatic hydroxyl groups excluding tert-OH is 1. The average Bonchev–Trinajstić information content (AvgIpc) is 2.68. The summed E-state index contributed by atoms with van der Waals surface area (Å²) in [7, 11) is 0. The molecule has 96 valence electrons. The summed E-state index contributed by atoms with van der Waals surface area (Å²) < 4.78 is 2.38. The molecule has 18 heavy (non-hydrogen) atoms. The van der Waals surface area contributed by atoms with Gasteiger partial charge in [0.1, 0.15) is 0 Å². The van der Waals surface area contributed by atoms with Crippen LogP contribution in [-0.4, -0.2) is 21.5 Å². The van der Waals surface area contributed by atoms with Gasteiger partial charge in [0.15, 0.2) is 0 Å². The van der Waals surface area contributed by atoms with Crippen LogP contribution in [0.4, 0.5) is 0 Å². The van der Waals surface area contributed by atoms with Crippen molar-refractivity contribution in [3.05, 3.63) is 50.3 Å². The number of nitrogens with one attached hydrogen (secondary N) is 1. The highest BCUT2D eigenvalue weighted by molar-refractivity contribution is 9.10. The maximum Gasteiger partial charge on any atom is 0.274 e. The molecule has 0 aliphatic carbocycles. The number of aromatic amines is 1. The monoisotopic (exact) mass is 310 g/mol. The Bertz CT molecular complexity index is 601. The van der Waals surface area contributed by atoms with Gasteiger partial charge in [-0.15, -0.1) is 0 Å². The van der Waals surface area contributed by atoms with Crippen molar-refractivity contribution in [3.63, 3.8) is 0 Å². The summed E-state index contributed by atoms with van der Waals surface area (Å²) >= 11 is 3.43. The maximum absolute atomic E-state index is 12.3. The molecule has 0 aliphatic rings. The van der Waals surface area contributed by atoms with Gasteiger partial charge in [-0.2, -0.15) is 0 Å². The van der Waals surface area contributed by atoms with E-state index in [9.17, 15) is 4.79 Å². The van der Waals surface area contributed by atoms with Crippen molar-refractivity contribution in [2.24, 2.45) is 0 Å². The van der Waals surface area contributed by atoms with Crippen molar-refractivity contribution < 1.29 is 5.11 Å². The minimum absolute atomic E-state index is 0.0178. The van der Waals surface area contributed by atoms with Gasteiger partial charge < -0.3 is 5.11 Å². The second-order valence-corrected chi connectivity index (χ2v) is 4.84. The van der Waals surface area contributed by atoms with E-state index in [1.807, 2.05) is 31.2 Å². The van der Waals surface area contributed by atoms with E-state index in [0.29, 0.717) is 12.0 Å². The third-order valence-electron chi connectivity index (χ3n) is 2.88. The van der Waals surface area contributed by atoms with E-state index >= 15 is 0 Å². The minimum atomic E-state index is -0.0900. The zero-order valence-electron chi connectivity index (χ0n) is 10.1. The van der Waals surface area contributed by atoms with Crippen LogP contribution in [0.25, 0.3) is 5.69 Å². The molecule has 0 spiro atoms. The summed E-state index contributed by atoms with van der Waals surface area (Å²) in [6, 6.07) is 7.53. The number of H-pyrrole nitrogens is 1. The molecule has 1 heterocycles. The predicted octanol–water partition coefficient (Wildman–Crippen LogP) is 2.03. The van der Waals surface area contributed by atoms with Gasteiger partial charge in [0.05, 0.1) is 5.69 Å². The smallest absolute Gasteiger partial charge is 0.274 e. The molecule has 0 atom stereocenters. The number of para-hydroxylation sites is 1. The summed E-state index contributed by atoms with van der Waals surface area (Å²) in [4.78, 5) is 12.3. The van der Waals surface area contributed by atoms with Crippen molar-refractivity contribution in [1.29, 1.82) is 0 Å². The molecular formula is C13H15BrN2O2. The van der Waals surface area contributed by atoms with Crippen molar-refractivity contribution in [3.8, 4) is 5.69 Å². The Hall–Kier alpha value is -1.33. The number of aromatic nitrogens is 2. The van der Waals surface area contributed by atoms with E-state index in [2.05, 4.69) is 21.0 Å². The number of benzene rings is 1. The molecule has 0 radical (unpaired) electrons. The molecule has 1 aromatic heterocycles. The molecule has 0 aliphatic heterocycles. The normalized spacial score (nSPS) is 10.8. The number of halogens is 1. The Balaban J connectivity index is 2.60. The van der Waals surface area contributed by atoms with E-state index in [0.717, 1.165) is 22.3 Å². The van der Waals surface area contributed by atoms with Crippen molar-refractivity contribution in [1.82, 2.24) is 9.78 Å². The van der Waals surface area contributed by atoms with Crippen LogP contribution in [0.2, 0.25) is 0 Å². The van der Waals surface area contributed by atoms with Gasteiger partial charge in [0, 0.05) is 28.8 Å². The summed E-state index contributed by atoms with van der Waals surface area (Å²) in [6.45, 7) is 1.96. The molecular weight excluding hydrogens is 296 g/mol. The highest BCUT2D eigenvalue weighted by atomic mass is 79.9. The molecule has 0 unspecified atom stereocenters. The Kier molecular flexibility index (Phi) is 4.04. The molecule has 0 amide bonds. The highest BCUT2D eigenvalue weighted by Gasteiger charge is 2.14. The van der Waals surface area contributed by atoms with E-state index in [1.54, 1.807) is 0 Å². The van der Waals surface area contributed by atoms with Gasteiger partial charge in [-0.1, -0.05) is 19.1 Å². The topological polar surface area (TPSA) is 58.0 Å². The summed E-state index contributed by atoms with van der Waals surface area (Å²) in [6.07, 6.45) is 1.12. The standard InChI is InChI=1S/C13H15BrN2O2/c1-2-11-9(7-8-17)13(18)16(15-11)12-6-4-3-5-10(12)14/h3-6,15,17H,2,7-8H2,1H3. The number of nitrogens with zero attached hydrogens (tertiary/aromatic N) is 1. The molecule has 2 rings (SSSR count). The molecule has 0 fully saturated rings. The third-order valence-corrected chi connectivity index (χ3v) is 3.55. The Morgan fingerprint density at radius 3 is 2.72 bits per heavy atom. The van der Waals surface area contributed by atoms with Crippen LogP contribution >= 0.6 is 15.9 Å². The first-order chi connectivity index (χ1) is 8.69. The number of rotatable bonds is 4. The Morgan fingerprint density at radius 1 is 1.39 bits per heavy atom. The van der Waals surface area contributed by atoms with Gasteiger partial charge >= 0.3 is 0 Å². The fraction of sp³-hybridized carbons (Fsp3) is 0.308. The number of aliphatic hydroxyl groups is 1. The molecule has 2 aromatic rings. The zero-order chi connectivity index (χ0) is 13.1. The van der Waals surface area contributed by atoms with Crippen LogP contribution in [0, 0.1) is 0 Å². The van der Waals surface area contributed by atoms with Crippen LogP contribution in [-0.2, 0) is 12.8 Å². The quantitative estimate of drug-likeness (QED) is 0.908. The van der Waals surface area contributed by atoms with Gasteiger partial charge in [-0.25, -0.2) is 4.68 Å². The molecule has 4 nitrogen and oxygen atoms in total. The average molecular weight is 311 g/mol. The molecule has 2 N–H and O–H groups in total.